The fraction of sp³-hybridized carbons (Fsp3) is 0.917. The van der Waals surface area contributed by atoms with E-state index in [2.05, 4.69) is 4.74 Å². The lowest BCUT2D eigenvalue weighted by atomic mass is 9.81. The van der Waals surface area contributed by atoms with E-state index in [1.165, 1.54) is 0 Å². The molecule has 0 aromatic carbocycles. The zero-order chi connectivity index (χ0) is 18.2. The van der Waals surface area contributed by atoms with Gasteiger partial charge in [-0.1, -0.05) is 0 Å². The molecule has 2 fully saturated rings. The molecule has 0 saturated carbocycles. The number of rotatable bonds is 3. The van der Waals surface area contributed by atoms with Crippen LogP contribution in [-0.4, -0.2) is 104 Å². The van der Waals surface area contributed by atoms with E-state index in [4.69, 9.17) is 14.6 Å². The standard InChI is InChI=1S/C12H20O12/c13-1-2-4(14)6(16)7(17)9(22-2)3-5(15)8(18)10(19)23-11(3)24-12(20)21/h2-11,13-19H,1H2,(H,20,21)/p-1/t2-,3-,4-,5+,6+,7-,8-,9-,10?,11-/m1/s1. The second-order valence-electron chi connectivity index (χ2n) is 5.61. The van der Waals surface area contributed by atoms with Crippen molar-refractivity contribution in [2.45, 2.75) is 55.3 Å². The van der Waals surface area contributed by atoms with Gasteiger partial charge in [0.25, 0.3) is 6.16 Å². The second kappa shape index (κ2) is 7.43. The maximum absolute atomic E-state index is 10.6. The molecule has 12 heteroatoms. The predicted molar refractivity (Wildman–Crippen MR) is 66.6 cm³/mol. The molecular formula is C12H19O12-. The van der Waals surface area contributed by atoms with E-state index in [-0.39, 0.29) is 0 Å². The fourth-order valence-corrected chi connectivity index (χ4v) is 2.86. The van der Waals surface area contributed by atoms with Crippen molar-refractivity contribution in [3.05, 3.63) is 0 Å². The van der Waals surface area contributed by atoms with Crippen molar-refractivity contribution in [2.24, 2.45) is 5.92 Å². The molecule has 2 rings (SSSR count). The van der Waals surface area contributed by atoms with Crippen LogP contribution in [0.2, 0.25) is 0 Å². The summed E-state index contributed by atoms with van der Waals surface area (Å²) in [7, 11) is 0. The van der Waals surface area contributed by atoms with E-state index in [1.807, 2.05) is 0 Å². The molecule has 12 nitrogen and oxygen atoms in total. The molecule has 0 aromatic rings. The van der Waals surface area contributed by atoms with E-state index in [1.54, 1.807) is 0 Å². The summed E-state index contributed by atoms with van der Waals surface area (Å²) in [4.78, 5) is 10.6. The Morgan fingerprint density at radius 1 is 0.917 bits per heavy atom. The molecular weight excluding hydrogens is 336 g/mol. The molecule has 0 aromatic heterocycles. The number of aliphatic hydroxyl groups is 7. The summed E-state index contributed by atoms with van der Waals surface area (Å²) in [6, 6.07) is 0. The Morgan fingerprint density at radius 2 is 1.54 bits per heavy atom. The zero-order valence-corrected chi connectivity index (χ0v) is 12.2. The first-order chi connectivity index (χ1) is 11.2. The molecule has 0 aliphatic carbocycles. The minimum absolute atomic E-state index is 0.762. The van der Waals surface area contributed by atoms with Crippen molar-refractivity contribution < 1.29 is 59.9 Å². The lowest BCUT2D eigenvalue weighted by molar-refractivity contribution is -0.370. The van der Waals surface area contributed by atoms with E-state index >= 15 is 0 Å². The number of carboxylic acid groups (broad SMARTS) is 1. The van der Waals surface area contributed by atoms with Gasteiger partial charge in [-0.15, -0.1) is 0 Å². The minimum atomic E-state index is -2.08. The summed E-state index contributed by atoms with van der Waals surface area (Å²) in [5, 5.41) is 78.6. The van der Waals surface area contributed by atoms with Gasteiger partial charge in [0.15, 0.2) is 12.6 Å². The van der Waals surface area contributed by atoms with Crippen LogP contribution in [0.5, 0.6) is 0 Å². The number of hydrogen-bond donors (Lipinski definition) is 7. The highest BCUT2D eigenvalue weighted by Crippen LogP contribution is 2.35. The number of carbonyl (C=O) groups excluding carboxylic acids is 1. The van der Waals surface area contributed by atoms with Crippen LogP contribution >= 0.6 is 0 Å². The van der Waals surface area contributed by atoms with Gasteiger partial charge < -0.3 is 59.9 Å². The average molecular weight is 355 g/mol. The van der Waals surface area contributed by atoms with Gasteiger partial charge in [0, 0.05) is 0 Å². The number of hydrogen-bond acceptors (Lipinski definition) is 12. The Kier molecular flexibility index (Phi) is 5.95. The van der Waals surface area contributed by atoms with Crippen molar-refractivity contribution in [1.29, 1.82) is 0 Å². The summed E-state index contributed by atoms with van der Waals surface area (Å²) < 4.78 is 14.2. The van der Waals surface area contributed by atoms with Crippen LogP contribution in [0.15, 0.2) is 0 Å². The molecule has 0 spiro atoms. The summed E-state index contributed by atoms with van der Waals surface area (Å²) in [6.07, 6.45) is -18.1. The monoisotopic (exact) mass is 355 g/mol. The van der Waals surface area contributed by atoms with Gasteiger partial charge in [-0.25, -0.2) is 0 Å². The summed E-state index contributed by atoms with van der Waals surface area (Å²) in [5.41, 5.74) is 0. The van der Waals surface area contributed by atoms with Crippen LogP contribution in [-0.2, 0) is 14.2 Å². The van der Waals surface area contributed by atoms with Gasteiger partial charge in [0.05, 0.1) is 24.7 Å². The maximum Gasteiger partial charge on any atom is 0.254 e. The van der Waals surface area contributed by atoms with Gasteiger partial charge in [-0.2, -0.15) is 0 Å². The number of ether oxygens (including phenoxy) is 3. The molecule has 2 aliphatic heterocycles. The molecule has 7 N–H and O–H groups in total. The minimum Gasteiger partial charge on any atom is -0.520 e. The highest BCUT2D eigenvalue weighted by atomic mass is 16.8. The summed E-state index contributed by atoms with van der Waals surface area (Å²) in [6.45, 7) is -0.762. The number of aliphatic hydroxyl groups excluding tert-OH is 7. The first-order valence-electron chi connectivity index (χ1n) is 7.06. The average Bonchev–Trinajstić information content (AvgIpc) is 2.52. The third-order valence-corrected chi connectivity index (χ3v) is 4.15. The van der Waals surface area contributed by atoms with Crippen LogP contribution in [0.4, 0.5) is 4.79 Å². The van der Waals surface area contributed by atoms with Crippen LogP contribution < -0.4 is 5.11 Å². The maximum atomic E-state index is 10.6. The largest absolute Gasteiger partial charge is 0.520 e. The smallest absolute Gasteiger partial charge is 0.254 e. The molecule has 2 saturated heterocycles. The van der Waals surface area contributed by atoms with Gasteiger partial charge in [-0.05, 0) is 0 Å². The molecule has 2 aliphatic rings. The third kappa shape index (κ3) is 3.46. The fourth-order valence-electron chi connectivity index (χ4n) is 2.86. The Labute approximate surface area is 135 Å². The van der Waals surface area contributed by atoms with Crippen LogP contribution in [0.25, 0.3) is 0 Å². The molecule has 24 heavy (non-hydrogen) atoms. The molecule has 0 radical (unpaired) electrons. The molecule has 0 bridgehead atoms. The van der Waals surface area contributed by atoms with Crippen LogP contribution in [0, 0.1) is 5.92 Å². The normalized spacial score (nSPS) is 49.6. The van der Waals surface area contributed by atoms with Gasteiger partial charge in [0.2, 0.25) is 0 Å². The Bertz CT molecular complexity index is 444. The quantitative estimate of drug-likeness (QED) is 0.236. The predicted octanol–water partition coefficient (Wildman–Crippen LogP) is -5.80. The van der Waals surface area contributed by atoms with Gasteiger partial charge in [-0.3, -0.25) is 0 Å². The van der Waals surface area contributed by atoms with Crippen LogP contribution in [0.3, 0.4) is 0 Å². The van der Waals surface area contributed by atoms with E-state index < -0.39 is 74.0 Å². The SMILES string of the molecule is O=C([O-])O[C@H]1OC(O)[C@H](O)[C@@H](O)[C@@H]1[C@H]1O[C@H](CO)[C@@H](O)[C@H](O)[C@H]1O. The Hall–Kier alpha value is -1.09. The van der Waals surface area contributed by atoms with Crippen molar-refractivity contribution in [3.63, 3.8) is 0 Å². The first-order valence-corrected chi connectivity index (χ1v) is 7.06. The summed E-state index contributed by atoms with van der Waals surface area (Å²) in [5.74, 6) is -1.60. The van der Waals surface area contributed by atoms with E-state index in [0.717, 1.165) is 0 Å². The third-order valence-electron chi connectivity index (χ3n) is 4.15. The Morgan fingerprint density at radius 3 is 2.08 bits per heavy atom. The Balaban J connectivity index is 2.30. The van der Waals surface area contributed by atoms with Crippen molar-refractivity contribution >= 4 is 6.16 Å². The number of carbonyl (C=O) groups is 1. The summed E-state index contributed by atoms with van der Waals surface area (Å²) >= 11 is 0. The molecule has 140 valence electrons. The van der Waals surface area contributed by atoms with E-state index in [0.29, 0.717) is 0 Å². The first kappa shape index (κ1) is 19.2. The van der Waals surface area contributed by atoms with Crippen molar-refractivity contribution in [1.82, 2.24) is 0 Å². The molecule has 1 unspecified atom stereocenters. The molecule has 0 amide bonds. The van der Waals surface area contributed by atoms with Gasteiger partial charge in [0.1, 0.15) is 30.5 Å². The van der Waals surface area contributed by atoms with Crippen molar-refractivity contribution in [3.8, 4) is 0 Å². The highest BCUT2D eigenvalue weighted by Gasteiger charge is 2.54. The van der Waals surface area contributed by atoms with Crippen LogP contribution in [0.1, 0.15) is 0 Å². The lowest BCUT2D eigenvalue weighted by Gasteiger charge is -2.50. The van der Waals surface area contributed by atoms with Gasteiger partial charge >= 0.3 is 0 Å². The van der Waals surface area contributed by atoms with Crippen molar-refractivity contribution in [2.75, 3.05) is 6.61 Å². The lowest BCUT2D eigenvalue weighted by Crippen LogP contribution is -2.67. The zero-order valence-electron chi connectivity index (χ0n) is 12.2. The molecule has 10 atom stereocenters. The second-order valence-corrected chi connectivity index (χ2v) is 5.61. The molecule has 2 heterocycles. The van der Waals surface area contributed by atoms with E-state index in [9.17, 15) is 40.5 Å². The highest BCUT2D eigenvalue weighted by molar-refractivity contribution is 5.54. The topological polar surface area (TPSA) is 209 Å².